The Hall–Kier alpha value is -3.43. The van der Waals surface area contributed by atoms with Gasteiger partial charge in [0.1, 0.15) is 22.0 Å². The Bertz CT molecular complexity index is 1410. The Kier molecular flexibility index (Phi) is 6.35. The monoisotopic (exact) mass is 469 g/mol. The van der Waals surface area contributed by atoms with Crippen molar-refractivity contribution in [2.24, 2.45) is 0 Å². The van der Waals surface area contributed by atoms with E-state index < -0.39 is 5.82 Å². The van der Waals surface area contributed by atoms with Gasteiger partial charge in [-0.15, -0.1) is 11.3 Å². The second-order valence-electron chi connectivity index (χ2n) is 7.80. The molecule has 0 spiro atoms. The molecule has 33 heavy (non-hydrogen) atoms. The molecule has 0 saturated carbocycles. The molecule has 0 unspecified atom stereocenters. The molecule has 0 fully saturated rings. The van der Waals surface area contributed by atoms with Gasteiger partial charge in [0, 0.05) is 30.3 Å². The van der Waals surface area contributed by atoms with Gasteiger partial charge in [0.05, 0.1) is 30.0 Å². The molecule has 0 atom stereocenters. The van der Waals surface area contributed by atoms with Crippen LogP contribution in [0.25, 0.3) is 11.6 Å². The van der Waals surface area contributed by atoms with Crippen LogP contribution in [0.15, 0.2) is 41.2 Å². The molecule has 1 amide bonds. The first-order valence-corrected chi connectivity index (χ1v) is 11.1. The maximum atomic E-state index is 13.7. The molecule has 1 aliphatic rings. The molecule has 2 aromatic carbocycles. The molecule has 4 rings (SSSR count). The lowest BCUT2D eigenvalue weighted by atomic mass is 10.1. The van der Waals surface area contributed by atoms with E-state index in [0.29, 0.717) is 56.2 Å². The van der Waals surface area contributed by atoms with Gasteiger partial charge >= 0.3 is 0 Å². The summed E-state index contributed by atoms with van der Waals surface area (Å²) in [5.74, 6) is 0.410. The highest BCUT2D eigenvalue weighted by molar-refractivity contribution is 7.07. The number of carbonyl (C=O) groups is 1. The number of ether oxygens (including phenoxy) is 2. The first-order chi connectivity index (χ1) is 15.8. The zero-order valence-electron chi connectivity index (χ0n) is 18.8. The van der Waals surface area contributed by atoms with Crippen LogP contribution in [0.5, 0.6) is 11.5 Å². The summed E-state index contributed by atoms with van der Waals surface area (Å²) < 4.78 is 27.0. The minimum atomic E-state index is -0.438. The minimum absolute atomic E-state index is 0.203. The lowest BCUT2D eigenvalue weighted by Crippen LogP contribution is -2.36. The summed E-state index contributed by atoms with van der Waals surface area (Å²) in [6, 6.07) is 9.50. The van der Waals surface area contributed by atoms with Crippen LogP contribution in [-0.2, 0) is 11.3 Å². The van der Waals surface area contributed by atoms with E-state index in [0.717, 1.165) is 0 Å². The van der Waals surface area contributed by atoms with Gasteiger partial charge in [-0.25, -0.2) is 4.39 Å². The first kappa shape index (κ1) is 22.8. The second-order valence-corrected chi connectivity index (χ2v) is 8.83. The van der Waals surface area contributed by atoms with Crippen LogP contribution < -0.4 is 29.5 Å². The van der Waals surface area contributed by atoms with Crippen LogP contribution in [0.1, 0.15) is 11.1 Å². The molecule has 0 radical (unpaired) electrons. The van der Waals surface area contributed by atoms with Gasteiger partial charge in [-0.1, -0.05) is 0 Å². The third-order valence-electron chi connectivity index (χ3n) is 5.35. The molecule has 1 aromatic heterocycles. The summed E-state index contributed by atoms with van der Waals surface area (Å²) >= 11 is 1.23. The molecule has 2 heterocycles. The van der Waals surface area contributed by atoms with Gasteiger partial charge < -0.3 is 19.7 Å². The Balaban J connectivity index is 1.98. The third-order valence-corrected chi connectivity index (χ3v) is 6.48. The Labute approximate surface area is 194 Å². The number of hydrogen-bond acceptors (Lipinski definition) is 6. The van der Waals surface area contributed by atoms with E-state index in [1.807, 2.05) is 25.1 Å². The Morgan fingerprint density at radius 2 is 1.91 bits per heavy atom. The molecule has 0 bridgehead atoms. The fraction of sp³-hybridized carbons (Fsp3) is 0.250. The third kappa shape index (κ3) is 4.42. The van der Waals surface area contributed by atoms with Crippen molar-refractivity contribution in [1.82, 2.24) is 9.47 Å². The number of fused-ring (bicyclic) bond motifs is 1. The highest BCUT2D eigenvalue weighted by atomic mass is 32.1. The van der Waals surface area contributed by atoms with Crippen molar-refractivity contribution in [3.8, 4) is 11.5 Å². The normalized spacial score (nSPS) is 15.1. The molecule has 3 aromatic rings. The van der Waals surface area contributed by atoms with E-state index >= 15 is 0 Å². The van der Waals surface area contributed by atoms with Gasteiger partial charge in [-0.3, -0.25) is 14.2 Å². The van der Waals surface area contributed by atoms with Crippen molar-refractivity contribution < 1.29 is 18.7 Å². The quantitative estimate of drug-likeness (QED) is 0.594. The highest BCUT2D eigenvalue weighted by Crippen LogP contribution is 2.30. The molecule has 1 N–H and O–H groups in total. The van der Waals surface area contributed by atoms with Crippen molar-refractivity contribution in [3.05, 3.63) is 72.9 Å². The highest BCUT2D eigenvalue weighted by Gasteiger charge is 2.27. The van der Waals surface area contributed by atoms with Crippen molar-refractivity contribution in [2.45, 2.75) is 6.54 Å². The number of rotatable bonds is 6. The maximum Gasteiger partial charge on any atom is 0.269 e. The smallest absolute Gasteiger partial charge is 0.269 e. The van der Waals surface area contributed by atoms with E-state index in [9.17, 15) is 14.0 Å². The number of benzene rings is 2. The van der Waals surface area contributed by atoms with Crippen molar-refractivity contribution in [2.75, 3.05) is 40.2 Å². The van der Waals surface area contributed by atoms with Gasteiger partial charge in [0.25, 0.3) is 11.5 Å². The van der Waals surface area contributed by atoms with Gasteiger partial charge in [-0.2, -0.15) is 0 Å². The number of aromatic nitrogens is 1. The Morgan fingerprint density at radius 1 is 1.12 bits per heavy atom. The maximum absolute atomic E-state index is 13.7. The number of anilines is 1. The van der Waals surface area contributed by atoms with E-state index in [-0.39, 0.29) is 11.5 Å². The summed E-state index contributed by atoms with van der Waals surface area (Å²) in [5, 5.41) is 2.71. The number of nitrogens with one attached hydrogen (secondary N) is 1. The molecular formula is C24H24FN3O4S. The first-order valence-electron chi connectivity index (χ1n) is 10.3. The van der Waals surface area contributed by atoms with E-state index in [1.165, 1.54) is 23.5 Å². The molecular weight excluding hydrogens is 445 g/mol. The van der Waals surface area contributed by atoms with Gasteiger partial charge in [0.15, 0.2) is 0 Å². The number of hydrogen-bond donors (Lipinski definition) is 1. The summed E-state index contributed by atoms with van der Waals surface area (Å²) in [6.07, 6.45) is 1.75. The zero-order valence-corrected chi connectivity index (χ0v) is 19.6. The lowest BCUT2D eigenvalue weighted by Gasteiger charge is -2.10. The molecule has 9 heteroatoms. The van der Waals surface area contributed by atoms with Crippen molar-refractivity contribution in [1.29, 1.82) is 0 Å². The average molecular weight is 470 g/mol. The number of halogens is 1. The summed E-state index contributed by atoms with van der Waals surface area (Å²) in [6.45, 7) is 1.01. The number of nitrogens with zero attached hydrogens (tertiary/aromatic N) is 2. The minimum Gasteiger partial charge on any atom is -0.497 e. The number of likely N-dealkylation sites (N-methyl/N-ethyl adjacent to an activating group) is 1. The fourth-order valence-electron chi connectivity index (χ4n) is 3.64. The molecule has 1 aliphatic heterocycles. The molecule has 0 aliphatic carbocycles. The van der Waals surface area contributed by atoms with Gasteiger partial charge in [-0.05, 0) is 50.5 Å². The van der Waals surface area contributed by atoms with Crippen LogP contribution in [-0.4, -0.2) is 50.2 Å². The second kappa shape index (κ2) is 9.21. The van der Waals surface area contributed by atoms with E-state index in [4.69, 9.17) is 9.47 Å². The van der Waals surface area contributed by atoms with Crippen LogP contribution in [0.3, 0.4) is 0 Å². The number of thiazole rings is 1. The fourth-order valence-corrected chi connectivity index (χ4v) is 4.83. The summed E-state index contributed by atoms with van der Waals surface area (Å²) in [7, 11) is 6.95. The summed E-state index contributed by atoms with van der Waals surface area (Å²) in [5.41, 5.74) is 1.86. The van der Waals surface area contributed by atoms with E-state index in [1.54, 1.807) is 43.1 Å². The Morgan fingerprint density at radius 3 is 2.61 bits per heavy atom. The van der Waals surface area contributed by atoms with Crippen LogP contribution in [0.4, 0.5) is 10.1 Å². The SMILES string of the molecule is COc1ccc(/C=c2\s/c(=C3\C(=O)Nc4cc(F)ccc43)n(CCN(C)C)c2=O)c(OC)c1. The van der Waals surface area contributed by atoms with Crippen LogP contribution in [0, 0.1) is 5.82 Å². The van der Waals surface area contributed by atoms with Crippen LogP contribution in [0.2, 0.25) is 0 Å². The molecule has 7 nitrogen and oxygen atoms in total. The largest absolute Gasteiger partial charge is 0.497 e. The zero-order chi connectivity index (χ0) is 23.7. The molecule has 0 saturated heterocycles. The lowest BCUT2D eigenvalue weighted by molar-refractivity contribution is -0.110. The van der Waals surface area contributed by atoms with E-state index in [2.05, 4.69) is 5.32 Å². The topological polar surface area (TPSA) is 72.8 Å². The number of methoxy groups -OCH3 is 2. The van der Waals surface area contributed by atoms with Crippen LogP contribution >= 0.6 is 11.3 Å². The van der Waals surface area contributed by atoms with Gasteiger partial charge in [0.2, 0.25) is 0 Å². The van der Waals surface area contributed by atoms with Crippen molar-refractivity contribution >= 4 is 34.6 Å². The number of amides is 1. The summed E-state index contributed by atoms with van der Waals surface area (Å²) in [4.78, 5) is 28.2. The molecule has 172 valence electrons. The predicted molar refractivity (Wildman–Crippen MR) is 127 cm³/mol. The number of carbonyl (C=O) groups excluding carboxylic acids is 1. The predicted octanol–water partition coefficient (Wildman–Crippen LogP) is 1.61. The standard InChI is InChI=1S/C24H24FN3O4S/c1-27(2)9-10-28-23(30)20(11-14-5-7-16(31-3)13-19(14)32-4)33-24(28)21-17-8-6-15(25)12-18(17)26-22(21)29/h5-8,11-13H,9-10H2,1-4H3,(H,26,29)/b20-11-,24-21-. The van der Waals surface area contributed by atoms with Crippen molar-refractivity contribution in [3.63, 3.8) is 0 Å². The average Bonchev–Trinajstić information content (AvgIpc) is 3.27.